The molecule has 8 heteroatoms. The van der Waals surface area contributed by atoms with E-state index in [4.69, 9.17) is 4.98 Å². The highest BCUT2D eigenvalue weighted by molar-refractivity contribution is 7.99. The first-order chi connectivity index (χ1) is 14.6. The number of aryl methyl sites for hydroxylation is 2. The van der Waals surface area contributed by atoms with Gasteiger partial charge in [0.05, 0.1) is 5.39 Å². The lowest BCUT2D eigenvalue weighted by Gasteiger charge is -2.12. The van der Waals surface area contributed by atoms with Gasteiger partial charge in [-0.05, 0) is 55.5 Å². The third-order valence-corrected chi connectivity index (χ3v) is 7.20. The van der Waals surface area contributed by atoms with Crippen LogP contribution < -0.4 is 10.9 Å². The van der Waals surface area contributed by atoms with Gasteiger partial charge >= 0.3 is 0 Å². The fourth-order valence-electron chi connectivity index (χ4n) is 3.61. The van der Waals surface area contributed by atoms with Crippen LogP contribution in [-0.2, 0) is 24.2 Å². The van der Waals surface area contributed by atoms with Crippen LogP contribution in [0.25, 0.3) is 10.2 Å². The van der Waals surface area contributed by atoms with Gasteiger partial charge in [0.25, 0.3) is 5.56 Å². The molecule has 1 N–H and O–H groups in total. The number of carbonyl (C=O) groups excluding carboxylic acids is 1. The van der Waals surface area contributed by atoms with E-state index in [1.54, 1.807) is 22.0 Å². The van der Waals surface area contributed by atoms with Crippen LogP contribution in [0.15, 0.2) is 46.9 Å². The average Bonchev–Trinajstić information content (AvgIpc) is 3.11. The van der Waals surface area contributed by atoms with Gasteiger partial charge in [-0.3, -0.25) is 14.2 Å². The van der Waals surface area contributed by atoms with Crippen molar-refractivity contribution in [3.8, 4) is 0 Å². The van der Waals surface area contributed by atoms with Crippen molar-refractivity contribution >= 4 is 44.9 Å². The maximum atomic E-state index is 13.2. The molecule has 0 bridgehead atoms. The van der Waals surface area contributed by atoms with Crippen molar-refractivity contribution in [2.45, 2.75) is 43.8 Å². The van der Waals surface area contributed by atoms with E-state index in [2.05, 4.69) is 11.9 Å². The zero-order valence-electron chi connectivity index (χ0n) is 16.4. The second-order valence-electron chi connectivity index (χ2n) is 7.14. The fourth-order valence-corrected chi connectivity index (χ4v) is 5.86. The molecule has 0 fully saturated rings. The van der Waals surface area contributed by atoms with Crippen LogP contribution >= 0.6 is 23.1 Å². The van der Waals surface area contributed by atoms with Crippen LogP contribution in [-0.4, -0.2) is 21.2 Å². The largest absolute Gasteiger partial charge is 0.326 e. The first-order valence-corrected chi connectivity index (χ1v) is 11.7. The van der Waals surface area contributed by atoms with Gasteiger partial charge < -0.3 is 5.32 Å². The molecule has 0 radical (unpaired) electrons. The van der Waals surface area contributed by atoms with E-state index in [-0.39, 0.29) is 23.7 Å². The number of thioether (sulfide) groups is 1. The number of halogens is 1. The smallest absolute Gasteiger partial charge is 0.263 e. The molecular weight excluding hydrogens is 421 g/mol. The third-order valence-electron chi connectivity index (χ3n) is 5.04. The lowest BCUT2D eigenvalue weighted by atomic mass is 9.97. The van der Waals surface area contributed by atoms with Gasteiger partial charge in [-0.15, -0.1) is 17.9 Å². The topological polar surface area (TPSA) is 64.0 Å². The number of anilines is 1. The Morgan fingerprint density at radius 2 is 2.07 bits per heavy atom. The Hall–Kier alpha value is -2.45. The zero-order chi connectivity index (χ0) is 21.1. The predicted octanol–water partition coefficient (Wildman–Crippen LogP) is 4.78. The molecule has 5 nitrogen and oxygen atoms in total. The Labute approximate surface area is 182 Å². The minimum Gasteiger partial charge on any atom is -0.326 e. The maximum Gasteiger partial charge on any atom is 0.263 e. The normalized spacial score (nSPS) is 13.2. The van der Waals surface area contributed by atoms with Crippen molar-refractivity contribution in [1.82, 2.24) is 9.55 Å². The summed E-state index contributed by atoms with van der Waals surface area (Å²) in [6.07, 6.45) is 6.18. The van der Waals surface area contributed by atoms with E-state index in [0.29, 0.717) is 23.1 Å². The summed E-state index contributed by atoms with van der Waals surface area (Å²) >= 11 is 3.02. The highest BCUT2D eigenvalue weighted by Gasteiger charge is 2.22. The number of thiophene rings is 1. The minimum absolute atomic E-state index is 0.0161. The number of fused-ring (bicyclic) bond motifs is 3. The summed E-state index contributed by atoms with van der Waals surface area (Å²) in [6, 6.07) is 5.66. The van der Waals surface area contributed by atoms with Gasteiger partial charge in [0.1, 0.15) is 10.6 Å². The molecule has 0 spiro atoms. The molecule has 4 rings (SSSR count). The lowest BCUT2D eigenvalue weighted by Crippen LogP contribution is -2.23. The molecule has 1 aromatic carbocycles. The van der Waals surface area contributed by atoms with Crippen molar-refractivity contribution < 1.29 is 9.18 Å². The minimum atomic E-state index is -0.347. The van der Waals surface area contributed by atoms with Crippen LogP contribution in [0.4, 0.5) is 10.1 Å². The molecular formula is C22H22FN3O2S2. The molecule has 2 aromatic heterocycles. The highest BCUT2D eigenvalue weighted by Crippen LogP contribution is 2.34. The first-order valence-electron chi connectivity index (χ1n) is 9.91. The maximum absolute atomic E-state index is 13.2. The summed E-state index contributed by atoms with van der Waals surface area (Å²) in [5.74, 6) is -0.0346. The molecule has 0 saturated heterocycles. The molecule has 0 aliphatic heterocycles. The van der Waals surface area contributed by atoms with Gasteiger partial charge in [-0.25, -0.2) is 9.37 Å². The Balaban J connectivity index is 1.51. The van der Waals surface area contributed by atoms with Crippen molar-refractivity contribution in [3.63, 3.8) is 0 Å². The number of rotatable bonds is 7. The first kappa shape index (κ1) is 20.8. The van der Waals surface area contributed by atoms with Gasteiger partial charge in [0.15, 0.2) is 5.16 Å². The number of nitrogens with one attached hydrogen (secondary N) is 1. The Bertz CT molecular complexity index is 1150. The number of allylic oxidation sites excluding steroid dienone is 1. The molecule has 2 heterocycles. The monoisotopic (exact) mass is 443 g/mol. The van der Waals surface area contributed by atoms with E-state index in [9.17, 15) is 14.0 Å². The Kier molecular flexibility index (Phi) is 6.34. The van der Waals surface area contributed by atoms with E-state index in [0.717, 1.165) is 35.9 Å². The van der Waals surface area contributed by atoms with Crippen LogP contribution in [0, 0.1) is 5.82 Å². The fraction of sp³-hybridized carbons (Fsp3) is 0.318. The number of benzene rings is 1. The molecule has 1 aliphatic carbocycles. The summed E-state index contributed by atoms with van der Waals surface area (Å²) in [5.41, 5.74) is 1.71. The van der Waals surface area contributed by atoms with Crippen LogP contribution in [0.3, 0.4) is 0 Å². The molecule has 0 unspecified atom stereocenters. The van der Waals surface area contributed by atoms with E-state index in [1.807, 2.05) is 0 Å². The third kappa shape index (κ3) is 4.34. The molecule has 0 atom stereocenters. The standard InChI is InChI=1S/C22H22FN3O2S2/c1-2-12-26-21(28)19-16-5-3-4-6-17(16)30-20(19)25-22(26)29-13-11-18(27)24-15-9-7-14(23)8-10-15/h2,7-10H,1,3-6,11-13H2,(H,24,27). The molecule has 30 heavy (non-hydrogen) atoms. The zero-order valence-corrected chi connectivity index (χ0v) is 18.1. The summed E-state index contributed by atoms with van der Waals surface area (Å²) < 4.78 is 14.6. The van der Waals surface area contributed by atoms with Crippen LogP contribution in [0.1, 0.15) is 29.7 Å². The van der Waals surface area contributed by atoms with Crippen molar-refractivity contribution in [2.24, 2.45) is 0 Å². The molecule has 3 aromatic rings. The van der Waals surface area contributed by atoms with Crippen molar-refractivity contribution in [2.75, 3.05) is 11.1 Å². The number of hydrogen-bond donors (Lipinski definition) is 1. The van der Waals surface area contributed by atoms with Gasteiger partial charge in [-0.1, -0.05) is 17.8 Å². The van der Waals surface area contributed by atoms with Crippen molar-refractivity contribution in [3.05, 3.63) is 63.5 Å². The molecule has 1 amide bonds. The quantitative estimate of drug-likeness (QED) is 0.324. The second kappa shape index (κ2) is 9.14. The SMILES string of the molecule is C=CCn1c(SCCC(=O)Nc2ccc(F)cc2)nc2sc3c(c2c1=O)CCCC3. The summed E-state index contributed by atoms with van der Waals surface area (Å²) in [7, 11) is 0. The molecule has 156 valence electrons. The Morgan fingerprint density at radius 1 is 1.30 bits per heavy atom. The number of nitrogens with zero attached hydrogens (tertiary/aromatic N) is 2. The van der Waals surface area contributed by atoms with Crippen LogP contribution in [0.2, 0.25) is 0 Å². The summed E-state index contributed by atoms with van der Waals surface area (Å²) in [5, 5.41) is 4.12. The lowest BCUT2D eigenvalue weighted by molar-refractivity contribution is -0.115. The van der Waals surface area contributed by atoms with E-state index < -0.39 is 0 Å². The Morgan fingerprint density at radius 3 is 2.83 bits per heavy atom. The van der Waals surface area contributed by atoms with E-state index >= 15 is 0 Å². The summed E-state index contributed by atoms with van der Waals surface area (Å²) in [6.45, 7) is 4.16. The number of amides is 1. The average molecular weight is 444 g/mol. The van der Waals surface area contributed by atoms with Crippen molar-refractivity contribution in [1.29, 1.82) is 0 Å². The van der Waals surface area contributed by atoms with E-state index in [1.165, 1.54) is 46.5 Å². The number of aromatic nitrogens is 2. The number of carbonyl (C=O) groups is 1. The molecule has 0 saturated carbocycles. The molecule has 1 aliphatic rings. The van der Waals surface area contributed by atoms with Gasteiger partial charge in [0, 0.05) is 29.3 Å². The van der Waals surface area contributed by atoms with Gasteiger partial charge in [0.2, 0.25) is 5.91 Å². The van der Waals surface area contributed by atoms with Crippen LogP contribution in [0.5, 0.6) is 0 Å². The highest BCUT2D eigenvalue weighted by atomic mass is 32.2. The predicted molar refractivity (Wildman–Crippen MR) is 121 cm³/mol. The number of hydrogen-bond acceptors (Lipinski definition) is 5. The second-order valence-corrected chi connectivity index (χ2v) is 9.29. The van der Waals surface area contributed by atoms with Gasteiger partial charge in [-0.2, -0.15) is 0 Å². The summed E-state index contributed by atoms with van der Waals surface area (Å²) in [4.78, 5) is 32.2.